The van der Waals surface area contributed by atoms with Gasteiger partial charge in [0.05, 0.1) is 6.61 Å². The van der Waals surface area contributed by atoms with Crippen LogP contribution in [0.4, 0.5) is 8.78 Å². The van der Waals surface area contributed by atoms with Crippen LogP contribution in [-0.4, -0.2) is 6.61 Å². The van der Waals surface area contributed by atoms with Crippen molar-refractivity contribution in [2.45, 2.75) is 25.8 Å². The molecule has 0 fully saturated rings. The average Bonchev–Trinajstić information content (AvgIpc) is 2.48. The normalized spacial score (nSPS) is 15.0. The SMILES string of the molecule is CC(C)(N)c1c(F)cc2c(c1F)OCC2. The van der Waals surface area contributed by atoms with Crippen LogP contribution < -0.4 is 10.5 Å². The Hall–Kier alpha value is -1.16. The Morgan fingerprint density at radius 1 is 1.40 bits per heavy atom. The van der Waals surface area contributed by atoms with E-state index in [9.17, 15) is 8.78 Å². The Morgan fingerprint density at radius 3 is 2.67 bits per heavy atom. The lowest BCUT2D eigenvalue weighted by atomic mass is 9.92. The average molecular weight is 213 g/mol. The van der Waals surface area contributed by atoms with Crippen molar-refractivity contribution in [1.82, 2.24) is 0 Å². The molecule has 0 bridgehead atoms. The van der Waals surface area contributed by atoms with Gasteiger partial charge in [-0.3, -0.25) is 0 Å². The van der Waals surface area contributed by atoms with E-state index in [1.165, 1.54) is 6.07 Å². The summed E-state index contributed by atoms with van der Waals surface area (Å²) in [5, 5.41) is 0. The molecule has 0 radical (unpaired) electrons. The summed E-state index contributed by atoms with van der Waals surface area (Å²) in [6, 6.07) is 1.31. The van der Waals surface area contributed by atoms with Crippen molar-refractivity contribution in [3.05, 3.63) is 28.8 Å². The highest BCUT2D eigenvalue weighted by Crippen LogP contribution is 2.36. The van der Waals surface area contributed by atoms with Crippen molar-refractivity contribution in [3.63, 3.8) is 0 Å². The number of fused-ring (bicyclic) bond motifs is 1. The Kier molecular flexibility index (Phi) is 2.19. The van der Waals surface area contributed by atoms with E-state index in [0.29, 0.717) is 18.6 Å². The van der Waals surface area contributed by atoms with E-state index in [0.717, 1.165) is 0 Å². The molecule has 0 amide bonds. The van der Waals surface area contributed by atoms with Crippen molar-refractivity contribution in [1.29, 1.82) is 0 Å². The van der Waals surface area contributed by atoms with E-state index in [1.807, 2.05) is 0 Å². The lowest BCUT2D eigenvalue weighted by Crippen LogP contribution is -2.31. The molecule has 82 valence electrons. The van der Waals surface area contributed by atoms with Gasteiger partial charge in [0.15, 0.2) is 11.6 Å². The van der Waals surface area contributed by atoms with Gasteiger partial charge in [-0.25, -0.2) is 8.78 Å². The standard InChI is InChI=1S/C11H13F2NO/c1-11(2,14)8-7(12)5-6-3-4-15-10(6)9(8)13/h5H,3-4,14H2,1-2H3. The van der Waals surface area contributed by atoms with Gasteiger partial charge in [-0.05, 0) is 19.9 Å². The molecule has 0 unspecified atom stereocenters. The van der Waals surface area contributed by atoms with Crippen LogP contribution in [0.2, 0.25) is 0 Å². The highest BCUT2D eigenvalue weighted by Gasteiger charge is 2.30. The van der Waals surface area contributed by atoms with Crippen LogP contribution in [0.15, 0.2) is 6.07 Å². The van der Waals surface area contributed by atoms with Gasteiger partial charge in [-0.15, -0.1) is 0 Å². The van der Waals surface area contributed by atoms with E-state index >= 15 is 0 Å². The van der Waals surface area contributed by atoms with Crippen LogP contribution in [-0.2, 0) is 12.0 Å². The molecule has 1 aliphatic heterocycles. The summed E-state index contributed by atoms with van der Waals surface area (Å²) in [6.07, 6.45) is 0.550. The van der Waals surface area contributed by atoms with Crippen LogP contribution in [0.3, 0.4) is 0 Å². The Morgan fingerprint density at radius 2 is 2.07 bits per heavy atom. The second-order valence-electron chi connectivity index (χ2n) is 4.36. The third-order valence-corrected chi connectivity index (χ3v) is 2.51. The fourth-order valence-electron chi connectivity index (χ4n) is 1.85. The van der Waals surface area contributed by atoms with Crippen molar-refractivity contribution in [2.24, 2.45) is 5.73 Å². The molecule has 1 heterocycles. The summed E-state index contributed by atoms with van der Waals surface area (Å²) in [5.74, 6) is -1.09. The molecule has 0 spiro atoms. The molecule has 4 heteroatoms. The Labute approximate surface area is 87.0 Å². The summed E-state index contributed by atoms with van der Waals surface area (Å²) in [5.41, 5.74) is 5.14. The first-order valence-electron chi connectivity index (χ1n) is 4.84. The molecule has 2 rings (SSSR count). The lowest BCUT2D eigenvalue weighted by molar-refractivity contribution is 0.332. The third-order valence-electron chi connectivity index (χ3n) is 2.51. The first-order chi connectivity index (χ1) is 6.91. The minimum Gasteiger partial charge on any atom is -0.490 e. The molecule has 0 aromatic heterocycles. The van der Waals surface area contributed by atoms with Gasteiger partial charge in [0.1, 0.15) is 5.82 Å². The highest BCUT2D eigenvalue weighted by molar-refractivity contribution is 5.44. The van der Waals surface area contributed by atoms with Crippen LogP contribution >= 0.6 is 0 Å². The topological polar surface area (TPSA) is 35.2 Å². The zero-order valence-corrected chi connectivity index (χ0v) is 8.73. The van der Waals surface area contributed by atoms with Gasteiger partial charge in [0.2, 0.25) is 0 Å². The van der Waals surface area contributed by atoms with Crippen molar-refractivity contribution < 1.29 is 13.5 Å². The second-order valence-corrected chi connectivity index (χ2v) is 4.36. The van der Waals surface area contributed by atoms with Crippen molar-refractivity contribution in [2.75, 3.05) is 6.61 Å². The maximum atomic E-state index is 13.9. The summed E-state index contributed by atoms with van der Waals surface area (Å²) in [4.78, 5) is 0. The largest absolute Gasteiger partial charge is 0.490 e. The van der Waals surface area contributed by atoms with Crippen LogP contribution in [0.1, 0.15) is 25.0 Å². The minimum atomic E-state index is -1.05. The minimum absolute atomic E-state index is 0.108. The van der Waals surface area contributed by atoms with Crippen LogP contribution in [0.25, 0.3) is 0 Å². The van der Waals surface area contributed by atoms with E-state index < -0.39 is 17.2 Å². The molecular formula is C11H13F2NO. The monoisotopic (exact) mass is 213 g/mol. The summed E-state index contributed by atoms with van der Waals surface area (Å²) in [7, 11) is 0. The summed E-state index contributed by atoms with van der Waals surface area (Å²) in [6.45, 7) is 3.53. The molecule has 0 saturated heterocycles. The smallest absolute Gasteiger partial charge is 0.173 e. The van der Waals surface area contributed by atoms with E-state index in [2.05, 4.69) is 0 Å². The number of benzene rings is 1. The Bertz CT molecular complexity index is 410. The van der Waals surface area contributed by atoms with Gasteiger partial charge in [0, 0.05) is 23.1 Å². The maximum Gasteiger partial charge on any atom is 0.173 e. The van der Waals surface area contributed by atoms with Gasteiger partial charge >= 0.3 is 0 Å². The van der Waals surface area contributed by atoms with E-state index in [1.54, 1.807) is 13.8 Å². The van der Waals surface area contributed by atoms with Crippen molar-refractivity contribution >= 4 is 0 Å². The van der Waals surface area contributed by atoms with Gasteiger partial charge in [-0.1, -0.05) is 0 Å². The number of halogens is 2. The van der Waals surface area contributed by atoms with Crippen LogP contribution in [0.5, 0.6) is 5.75 Å². The predicted molar refractivity (Wildman–Crippen MR) is 52.8 cm³/mol. The quantitative estimate of drug-likeness (QED) is 0.775. The van der Waals surface area contributed by atoms with Crippen molar-refractivity contribution in [3.8, 4) is 5.75 Å². The Balaban J connectivity index is 2.67. The molecule has 1 aromatic rings. The second kappa shape index (κ2) is 3.17. The molecule has 1 aliphatic rings. The number of ether oxygens (including phenoxy) is 1. The fourth-order valence-corrected chi connectivity index (χ4v) is 1.85. The molecule has 2 N–H and O–H groups in total. The van der Waals surface area contributed by atoms with Crippen LogP contribution in [0, 0.1) is 11.6 Å². The first kappa shape index (κ1) is 10.4. The van der Waals surface area contributed by atoms with E-state index in [4.69, 9.17) is 10.5 Å². The molecule has 15 heavy (non-hydrogen) atoms. The van der Waals surface area contributed by atoms with Gasteiger partial charge in [-0.2, -0.15) is 0 Å². The summed E-state index contributed by atoms with van der Waals surface area (Å²) < 4.78 is 32.6. The van der Waals surface area contributed by atoms with Gasteiger partial charge in [0.25, 0.3) is 0 Å². The fraction of sp³-hybridized carbons (Fsp3) is 0.455. The molecule has 2 nitrogen and oxygen atoms in total. The zero-order chi connectivity index (χ0) is 11.2. The van der Waals surface area contributed by atoms with Gasteiger partial charge < -0.3 is 10.5 Å². The summed E-state index contributed by atoms with van der Waals surface area (Å²) >= 11 is 0. The molecular weight excluding hydrogens is 200 g/mol. The number of rotatable bonds is 1. The molecule has 0 atom stereocenters. The number of hydrogen-bond donors (Lipinski definition) is 1. The van der Waals surface area contributed by atoms with E-state index in [-0.39, 0.29) is 11.3 Å². The highest BCUT2D eigenvalue weighted by atomic mass is 19.1. The number of nitrogens with two attached hydrogens (primary N) is 1. The predicted octanol–water partition coefficient (Wildman–Crippen LogP) is 2.09. The first-order valence-corrected chi connectivity index (χ1v) is 4.84. The zero-order valence-electron chi connectivity index (χ0n) is 8.73. The number of hydrogen-bond acceptors (Lipinski definition) is 2. The molecule has 0 saturated carbocycles. The maximum absolute atomic E-state index is 13.9. The molecule has 0 aliphatic carbocycles. The molecule has 1 aromatic carbocycles. The third kappa shape index (κ3) is 1.59. The lowest BCUT2D eigenvalue weighted by Gasteiger charge is -2.21.